The number of nitrogens with zero attached hydrogens (tertiary/aromatic N) is 3. The van der Waals surface area contributed by atoms with Crippen LogP contribution in [0.2, 0.25) is 5.02 Å². The number of amides is 1. The summed E-state index contributed by atoms with van der Waals surface area (Å²) in [4.78, 5) is 20.2. The average molecular weight is 493 g/mol. The van der Waals surface area contributed by atoms with Crippen LogP contribution in [0.1, 0.15) is 0 Å². The van der Waals surface area contributed by atoms with Gasteiger partial charge in [0.15, 0.2) is 5.82 Å². The molecule has 0 aliphatic rings. The van der Waals surface area contributed by atoms with Gasteiger partial charge in [-0.1, -0.05) is 17.7 Å². The summed E-state index contributed by atoms with van der Waals surface area (Å²) in [5, 5.41) is 9.66. The third-order valence-corrected chi connectivity index (χ3v) is 6.46. The number of nitrogens with one attached hydrogen (secondary N) is 2. The van der Waals surface area contributed by atoms with Gasteiger partial charge in [0.1, 0.15) is 23.3 Å². The lowest BCUT2D eigenvalue weighted by atomic mass is 10.2. The molecule has 0 unspecified atom stereocenters. The van der Waals surface area contributed by atoms with E-state index in [0.29, 0.717) is 29.7 Å². The van der Waals surface area contributed by atoms with Crippen LogP contribution in [0.4, 0.5) is 11.5 Å². The van der Waals surface area contributed by atoms with Crippen LogP contribution in [0.3, 0.4) is 0 Å². The summed E-state index contributed by atoms with van der Waals surface area (Å²) in [7, 11) is 0. The Morgan fingerprint density at radius 3 is 2.91 bits per heavy atom. The third kappa shape index (κ3) is 4.54. The molecule has 3 aromatic heterocycles. The molecule has 0 atom stereocenters. The Morgan fingerprint density at radius 2 is 2.06 bits per heavy atom. The number of fused-ring (bicyclic) bond motifs is 2. The van der Waals surface area contributed by atoms with Gasteiger partial charge in [-0.3, -0.25) is 4.79 Å². The number of nitrogens with two attached hydrogens (primary N) is 1. The SMILES string of the molecule is NCC(=O)NCCn1ccc2ncnc(Nc3ccc(Oc4cccc5sccc45)c(Cl)c3)c21. The van der Waals surface area contributed by atoms with Crippen molar-refractivity contribution in [2.45, 2.75) is 6.54 Å². The molecule has 0 radical (unpaired) electrons. The van der Waals surface area contributed by atoms with Crippen molar-refractivity contribution in [1.82, 2.24) is 19.9 Å². The molecule has 10 heteroatoms. The molecule has 0 saturated heterocycles. The van der Waals surface area contributed by atoms with Crippen molar-refractivity contribution in [3.63, 3.8) is 0 Å². The van der Waals surface area contributed by atoms with E-state index in [4.69, 9.17) is 22.1 Å². The molecule has 0 bridgehead atoms. The first-order chi connectivity index (χ1) is 16.6. The number of benzene rings is 2. The van der Waals surface area contributed by atoms with Gasteiger partial charge < -0.3 is 25.7 Å². The maximum Gasteiger partial charge on any atom is 0.233 e. The lowest BCUT2D eigenvalue weighted by Crippen LogP contribution is -2.32. The summed E-state index contributed by atoms with van der Waals surface area (Å²) in [5.41, 5.74) is 7.72. The van der Waals surface area contributed by atoms with Crippen LogP contribution in [0.25, 0.3) is 21.1 Å². The highest BCUT2D eigenvalue weighted by atomic mass is 35.5. The van der Waals surface area contributed by atoms with Crippen LogP contribution >= 0.6 is 22.9 Å². The number of anilines is 2. The lowest BCUT2D eigenvalue weighted by molar-refractivity contribution is -0.119. The highest BCUT2D eigenvalue weighted by molar-refractivity contribution is 7.17. The van der Waals surface area contributed by atoms with Crippen molar-refractivity contribution in [3.05, 3.63) is 71.5 Å². The molecule has 1 amide bonds. The highest BCUT2D eigenvalue weighted by Gasteiger charge is 2.12. The summed E-state index contributed by atoms with van der Waals surface area (Å²) in [6.45, 7) is 0.965. The molecule has 0 fully saturated rings. The van der Waals surface area contributed by atoms with Gasteiger partial charge in [0, 0.05) is 35.1 Å². The van der Waals surface area contributed by atoms with Gasteiger partial charge in [0.25, 0.3) is 0 Å². The number of halogens is 1. The number of thiophene rings is 1. The predicted octanol–water partition coefficient (Wildman–Crippen LogP) is 4.91. The van der Waals surface area contributed by atoms with Gasteiger partial charge >= 0.3 is 0 Å². The third-order valence-electron chi connectivity index (χ3n) is 5.28. The summed E-state index contributed by atoms with van der Waals surface area (Å²) < 4.78 is 9.25. The quantitative estimate of drug-likeness (QED) is 0.284. The van der Waals surface area contributed by atoms with Crippen molar-refractivity contribution in [3.8, 4) is 11.5 Å². The van der Waals surface area contributed by atoms with Gasteiger partial charge in [0.05, 0.1) is 17.1 Å². The van der Waals surface area contributed by atoms with Gasteiger partial charge in [-0.15, -0.1) is 11.3 Å². The Kier molecular flexibility index (Phi) is 6.31. The normalized spacial score (nSPS) is 11.1. The maximum absolute atomic E-state index is 11.4. The van der Waals surface area contributed by atoms with Gasteiger partial charge in [0.2, 0.25) is 5.91 Å². The summed E-state index contributed by atoms with van der Waals surface area (Å²) in [6.07, 6.45) is 3.42. The minimum atomic E-state index is -0.196. The van der Waals surface area contributed by atoms with Crippen molar-refractivity contribution in [2.75, 3.05) is 18.4 Å². The summed E-state index contributed by atoms with van der Waals surface area (Å²) in [6, 6.07) is 15.4. The zero-order chi connectivity index (χ0) is 23.5. The topological polar surface area (TPSA) is 107 Å². The van der Waals surface area contributed by atoms with Gasteiger partial charge in [-0.25, -0.2) is 9.97 Å². The van der Waals surface area contributed by atoms with Crippen LogP contribution in [-0.4, -0.2) is 33.5 Å². The van der Waals surface area contributed by atoms with Crippen LogP contribution in [-0.2, 0) is 11.3 Å². The molecular weight excluding hydrogens is 472 g/mol. The molecule has 5 aromatic rings. The number of aromatic nitrogens is 3. The molecule has 3 heterocycles. The van der Waals surface area contributed by atoms with E-state index in [-0.39, 0.29) is 12.5 Å². The maximum atomic E-state index is 11.4. The average Bonchev–Trinajstić information content (AvgIpc) is 3.49. The van der Waals surface area contributed by atoms with Crippen molar-refractivity contribution in [2.24, 2.45) is 5.73 Å². The molecule has 0 spiro atoms. The Balaban J connectivity index is 1.37. The molecule has 34 heavy (non-hydrogen) atoms. The first-order valence-corrected chi connectivity index (χ1v) is 11.9. The van der Waals surface area contributed by atoms with E-state index in [1.54, 1.807) is 17.4 Å². The highest BCUT2D eigenvalue weighted by Crippen LogP contribution is 2.37. The molecular formula is C24H21ClN6O2S. The largest absolute Gasteiger partial charge is 0.455 e. The smallest absolute Gasteiger partial charge is 0.233 e. The van der Waals surface area contributed by atoms with Crippen molar-refractivity contribution < 1.29 is 9.53 Å². The number of ether oxygens (including phenoxy) is 1. The van der Waals surface area contributed by atoms with E-state index in [9.17, 15) is 4.79 Å². The molecule has 5 rings (SSSR count). The number of carbonyl (C=O) groups excluding carboxylic acids is 1. The van der Waals surface area contributed by atoms with Gasteiger partial charge in [-0.05, 0) is 47.8 Å². The molecule has 2 aromatic carbocycles. The first-order valence-electron chi connectivity index (χ1n) is 10.6. The first kappa shape index (κ1) is 22.1. The van der Waals surface area contributed by atoms with Crippen LogP contribution in [0.5, 0.6) is 11.5 Å². The summed E-state index contributed by atoms with van der Waals surface area (Å²) >= 11 is 8.23. The van der Waals surface area contributed by atoms with Crippen LogP contribution < -0.4 is 21.1 Å². The van der Waals surface area contributed by atoms with Crippen molar-refractivity contribution >= 4 is 61.5 Å². The predicted molar refractivity (Wildman–Crippen MR) is 136 cm³/mol. The van der Waals surface area contributed by atoms with E-state index in [1.807, 2.05) is 52.5 Å². The fourth-order valence-electron chi connectivity index (χ4n) is 3.67. The van der Waals surface area contributed by atoms with Crippen LogP contribution in [0.15, 0.2) is 66.4 Å². The van der Waals surface area contributed by atoms with E-state index in [2.05, 4.69) is 26.7 Å². The summed E-state index contributed by atoms with van der Waals surface area (Å²) in [5.74, 6) is 1.77. The van der Waals surface area contributed by atoms with E-state index < -0.39 is 0 Å². The van der Waals surface area contributed by atoms with E-state index in [0.717, 1.165) is 32.6 Å². The standard InChI is InChI=1S/C24H21ClN6O2S/c25-17-12-15(4-5-20(17)33-19-2-1-3-21-16(19)7-11-34-21)30-24-23-18(28-14-29-24)6-9-31(23)10-8-27-22(32)13-26/h1-7,9,11-12,14H,8,10,13,26H2,(H,27,32)(H,28,29,30). The molecule has 0 aliphatic heterocycles. The lowest BCUT2D eigenvalue weighted by Gasteiger charge is -2.13. The Hall–Kier alpha value is -3.66. The van der Waals surface area contributed by atoms with Crippen molar-refractivity contribution in [1.29, 1.82) is 0 Å². The fraction of sp³-hybridized carbons (Fsp3) is 0.125. The Labute approximate surface area is 204 Å². The molecule has 0 aliphatic carbocycles. The number of hydrogen-bond acceptors (Lipinski definition) is 7. The van der Waals surface area contributed by atoms with Crippen LogP contribution in [0, 0.1) is 0 Å². The molecule has 172 valence electrons. The molecule has 8 nitrogen and oxygen atoms in total. The number of rotatable bonds is 8. The van der Waals surface area contributed by atoms with E-state index in [1.165, 1.54) is 6.33 Å². The zero-order valence-corrected chi connectivity index (χ0v) is 19.6. The second-order valence-electron chi connectivity index (χ2n) is 7.48. The minimum absolute atomic E-state index is 0.0365. The fourth-order valence-corrected chi connectivity index (χ4v) is 4.69. The Morgan fingerprint density at radius 1 is 1.15 bits per heavy atom. The second-order valence-corrected chi connectivity index (χ2v) is 8.84. The Bertz CT molecular complexity index is 1480. The number of carbonyl (C=O) groups is 1. The minimum Gasteiger partial charge on any atom is -0.455 e. The second kappa shape index (κ2) is 9.68. The number of hydrogen-bond donors (Lipinski definition) is 3. The van der Waals surface area contributed by atoms with Gasteiger partial charge in [-0.2, -0.15) is 0 Å². The monoisotopic (exact) mass is 492 g/mol. The zero-order valence-electron chi connectivity index (χ0n) is 18.0. The van der Waals surface area contributed by atoms with E-state index >= 15 is 0 Å². The molecule has 4 N–H and O–H groups in total. The molecule has 0 saturated carbocycles.